The van der Waals surface area contributed by atoms with E-state index in [9.17, 15) is 29.3 Å². The van der Waals surface area contributed by atoms with Gasteiger partial charge in [0.2, 0.25) is 0 Å². The van der Waals surface area contributed by atoms with E-state index >= 15 is 0 Å². The molecular weight excluding hydrogens is 456 g/mol. The summed E-state index contributed by atoms with van der Waals surface area (Å²) in [6.45, 7) is -0.710. The van der Waals surface area contributed by atoms with Crippen LogP contribution in [0.3, 0.4) is 0 Å². The van der Waals surface area contributed by atoms with Gasteiger partial charge >= 0.3 is 17.9 Å². The predicted octanol–water partition coefficient (Wildman–Crippen LogP) is 2.90. The minimum absolute atomic E-state index is 0.213. The molecule has 3 rings (SSSR count). The molecule has 0 fully saturated rings. The molecule has 1 aromatic heterocycles. The summed E-state index contributed by atoms with van der Waals surface area (Å²) in [7, 11) is 2.35. The van der Waals surface area contributed by atoms with Gasteiger partial charge < -0.3 is 19.5 Å². The monoisotopic (exact) mass is 476 g/mol. The third-order valence-electron chi connectivity index (χ3n) is 4.93. The van der Waals surface area contributed by atoms with Crippen molar-refractivity contribution in [2.75, 3.05) is 26.1 Å². The molecule has 2 aromatic rings. The Balaban J connectivity index is 1.73. The molecule has 1 aliphatic rings. The first-order chi connectivity index (χ1) is 15.7. The number of fused-ring (bicyclic) bond motifs is 1. The van der Waals surface area contributed by atoms with Crippen LogP contribution in [0.25, 0.3) is 0 Å². The number of anilines is 1. The maximum Gasteiger partial charge on any atom is 0.341 e. The van der Waals surface area contributed by atoms with E-state index in [0.29, 0.717) is 17.0 Å². The zero-order chi connectivity index (χ0) is 24.1. The van der Waals surface area contributed by atoms with Crippen molar-refractivity contribution in [3.63, 3.8) is 0 Å². The largest absolute Gasteiger partial charge is 0.465 e. The van der Waals surface area contributed by atoms with Crippen LogP contribution in [0.15, 0.2) is 18.2 Å². The highest BCUT2D eigenvalue weighted by Gasteiger charge is 2.27. The van der Waals surface area contributed by atoms with E-state index in [1.807, 2.05) is 0 Å². The van der Waals surface area contributed by atoms with Crippen LogP contribution < -0.4 is 5.32 Å². The van der Waals surface area contributed by atoms with Gasteiger partial charge in [0.1, 0.15) is 5.00 Å². The summed E-state index contributed by atoms with van der Waals surface area (Å²) in [4.78, 5) is 60.1. The lowest BCUT2D eigenvalue weighted by Gasteiger charge is -2.11. The van der Waals surface area contributed by atoms with Crippen LogP contribution in [0.1, 0.15) is 54.4 Å². The van der Waals surface area contributed by atoms with Gasteiger partial charge in [-0.15, -0.1) is 11.3 Å². The highest BCUT2D eigenvalue weighted by atomic mass is 32.1. The highest BCUT2D eigenvalue weighted by Crippen LogP contribution is 2.38. The molecule has 33 heavy (non-hydrogen) atoms. The first-order valence-electron chi connectivity index (χ1n) is 9.82. The Bertz CT molecular complexity index is 1140. The Kier molecular flexibility index (Phi) is 7.38. The summed E-state index contributed by atoms with van der Waals surface area (Å²) >= 11 is 1.28. The van der Waals surface area contributed by atoms with Crippen LogP contribution in [0.4, 0.5) is 10.7 Å². The minimum Gasteiger partial charge on any atom is -0.465 e. The summed E-state index contributed by atoms with van der Waals surface area (Å²) in [5, 5.41) is 14.0. The standard InChI is InChI=1S/C21H20N2O9S/c1-30-19(25)11-7-12(9-13(8-11)23(28)29)20(26)32-10-16(24)22-18-17(21(27)31-2)14-5-3-4-6-15(14)33-18/h7-9H,3-6,10H2,1-2H3,(H,22,24). The second-order valence-electron chi connectivity index (χ2n) is 7.05. The van der Waals surface area contributed by atoms with E-state index in [0.717, 1.165) is 55.0 Å². The number of amides is 1. The number of carbonyl (C=O) groups excluding carboxylic acids is 4. The van der Waals surface area contributed by atoms with Crippen LogP contribution in [0, 0.1) is 10.1 Å². The molecule has 1 aliphatic carbocycles. The smallest absolute Gasteiger partial charge is 0.341 e. The average molecular weight is 476 g/mol. The fourth-order valence-electron chi connectivity index (χ4n) is 3.42. The van der Waals surface area contributed by atoms with Crippen molar-refractivity contribution in [1.29, 1.82) is 0 Å². The summed E-state index contributed by atoms with van der Waals surface area (Å²) in [5.74, 6) is -3.18. The third kappa shape index (κ3) is 5.34. The second kappa shape index (κ2) is 10.2. The number of ether oxygens (including phenoxy) is 3. The maximum atomic E-state index is 12.4. The number of benzene rings is 1. The van der Waals surface area contributed by atoms with Gasteiger partial charge in [-0.3, -0.25) is 14.9 Å². The molecule has 0 unspecified atom stereocenters. The molecule has 1 aromatic carbocycles. The highest BCUT2D eigenvalue weighted by molar-refractivity contribution is 7.17. The van der Waals surface area contributed by atoms with Crippen LogP contribution in [-0.2, 0) is 31.8 Å². The Labute approximate surface area is 191 Å². The molecule has 174 valence electrons. The Hall–Kier alpha value is -3.80. The van der Waals surface area contributed by atoms with Gasteiger partial charge in [0.15, 0.2) is 6.61 Å². The lowest BCUT2D eigenvalue weighted by atomic mass is 9.95. The number of methoxy groups -OCH3 is 2. The molecule has 0 spiro atoms. The lowest BCUT2D eigenvalue weighted by molar-refractivity contribution is -0.384. The molecular formula is C21H20N2O9S. The van der Waals surface area contributed by atoms with Gasteiger partial charge in [0, 0.05) is 17.0 Å². The number of thiophene rings is 1. The van der Waals surface area contributed by atoms with Crippen LogP contribution in [0.2, 0.25) is 0 Å². The van der Waals surface area contributed by atoms with Crippen molar-refractivity contribution < 1.29 is 38.3 Å². The van der Waals surface area contributed by atoms with Crippen molar-refractivity contribution in [2.24, 2.45) is 0 Å². The number of hydrogen-bond donors (Lipinski definition) is 1. The van der Waals surface area contributed by atoms with Crippen molar-refractivity contribution in [3.8, 4) is 0 Å². The van der Waals surface area contributed by atoms with E-state index in [-0.39, 0.29) is 11.1 Å². The summed E-state index contributed by atoms with van der Waals surface area (Å²) in [6, 6.07) is 2.96. The van der Waals surface area contributed by atoms with Crippen LogP contribution in [0.5, 0.6) is 0 Å². The van der Waals surface area contributed by atoms with Crippen LogP contribution in [-0.4, -0.2) is 49.6 Å². The molecule has 1 N–H and O–H groups in total. The van der Waals surface area contributed by atoms with E-state index < -0.39 is 41.0 Å². The number of nitrogens with zero attached hydrogens (tertiary/aromatic N) is 1. The van der Waals surface area contributed by atoms with Crippen molar-refractivity contribution in [3.05, 3.63) is 55.4 Å². The van der Waals surface area contributed by atoms with Gasteiger partial charge in [-0.25, -0.2) is 14.4 Å². The minimum atomic E-state index is -1.04. The molecule has 0 saturated heterocycles. The third-order valence-corrected chi connectivity index (χ3v) is 6.14. The first kappa shape index (κ1) is 23.9. The molecule has 0 radical (unpaired) electrons. The molecule has 1 heterocycles. The molecule has 0 aliphatic heterocycles. The van der Waals surface area contributed by atoms with Gasteiger partial charge in [-0.2, -0.15) is 0 Å². The lowest BCUT2D eigenvalue weighted by Crippen LogP contribution is -2.22. The molecule has 11 nitrogen and oxygen atoms in total. The fourth-order valence-corrected chi connectivity index (χ4v) is 4.71. The maximum absolute atomic E-state index is 12.4. The Morgan fingerprint density at radius 2 is 1.64 bits per heavy atom. The van der Waals surface area contributed by atoms with Crippen LogP contribution >= 0.6 is 11.3 Å². The van der Waals surface area contributed by atoms with Crippen molar-refractivity contribution in [2.45, 2.75) is 25.7 Å². The first-order valence-corrected chi connectivity index (χ1v) is 10.6. The molecule has 0 saturated carbocycles. The number of carbonyl (C=O) groups is 4. The number of nitro benzene ring substituents is 1. The number of esters is 3. The number of hydrogen-bond acceptors (Lipinski definition) is 10. The number of rotatable bonds is 7. The fraction of sp³-hybridized carbons (Fsp3) is 0.333. The Morgan fingerprint density at radius 1 is 1.00 bits per heavy atom. The number of non-ortho nitro benzene ring substituents is 1. The topological polar surface area (TPSA) is 151 Å². The molecule has 0 atom stereocenters. The van der Waals surface area contributed by atoms with Gasteiger partial charge in [0.25, 0.3) is 11.6 Å². The SMILES string of the molecule is COC(=O)c1cc(C(=O)OCC(=O)Nc2sc3c(c2C(=O)OC)CCCC3)cc([N+](=O)[O-])c1. The van der Waals surface area contributed by atoms with E-state index in [4.69, 9.17) is 9.47 Å². The zero-order valence-corrected chi connectivity index (χ0v) is 18.6. The summed E-state index contributed by atoms with van der Waals surface area (Å²) in [5.41, 5.74) is 0.144. The average Bonchev–Trinajstić information content (AvgIpc) is 3.18. The van der Waals surface area contributed by atoms with E-state index in [2.05, 4.69) is 10.1 Å². The second-order valence-corrected chi connectivity index (χ2v) is 8.15. The normalized spacial score (nSPS) is 12.3. The molecule has 12 heteroatoms. The van der Waals surface area contributed by atoms with Gasteiger partial charge in [-0.05, 0) is 37.3 Å². The Morgan fingerprint density at radius 3 is 2.27 bits per heavy atom. The molecule has 0 bridgehead atoms. The summed E-state index contributed by atoms with van der Waals surface area (Å²) in [6.07, 6.45) is 3.41. The van der Waals surface area contributed by atoms with Crippen molar-refractivity contribution >= 4 is 45.8 Å². The number of nitro groups is 1. The van der Waals surface area contributed by atoms with E-state index in [1.165, 1.54) is 18.4 Å². The number of aryl methyl sites for hydroxylation is 1. The zero-order valence-electron chi connectivity index (χ0n) is 17.8. The molecule has 1 amide bonds. The number of nitrogens with one attached hydrogen (secondary N) is 1. The van der Waals surface area contributed by atoms with E-state index in [1.54, 1.807) is 0 Å². The van der Waals surface area contributed by atoms with Gasteiger partial charge in [0.05, 0.1) is 35.8 Å². The predicted molar refractivity (Wildman–Crippen MR) is 116 cm³/mol. The quantitative estimate of drug-likeness (QED) is 0.275. The van der Waals surface area contributed by atoms with Gasteiger partial charge in [-0.1, -0.05) is 0 Å². The van der Waals surface area contributed by atoms with Crippen molar-refractivity contribution in [1.82, 2.24) is 0 Å². The summed E-state index contributed by atoms with van der Waals surface area (Å²) < 4.78 is 14.3.